The molecule has 0 aromatic carbocycles. The molecule has 0 amide bonds. The predicted molar refractivity (Wildman–Crippen MR) is 64.0 cm³/mol. The Bertz CT molecular complexity index is 270. The van der Waals surface area contributed by atoms with Crippen molar-refractivity contribution in [3.8, 4) is 0 Å². The number of aliphatic hydroxyl groups is 3. The van der Waals surface area contributed by atoms with E-state index in [0.717, 1.165) is 0 Å². The Morgan fingerprint density at radius 3 is 2.38 bits per heavy atom. The van der Waals surface area contributed by atoms with E-state index in [4.69, 9.17) is 0 Å². The van der Waals surface area contributed by atoms with Crippen LogP contribution >= 0.6 is 0 Å². The minimum absolute atomic E-state index is 0.0127. The summed E-state index contributed by atoms with van der Waals surface area (Å²) in [6.45, 7) is 7.52. The van der Waals surface area contributed by atoms with Crippen molar-refractivity contribution in [3.05, 3.63) is 12.2 Å². The van der Waals surface area contributed by atoms with Crippen molar-refractivity contribution < 1.29 is 15.3 Å². The van der Waals surface area contributed by atoms with Crippen LogP contribution in [-0.4, -0.2) is 33.1 Å². The van der Waals surface area contributed by atoms with Gasteiger partial charge in [-0.05, 0) is 31.1 Å². The van der Waals surface area contributed by atoms with Gasteiger partial charge in [-0.2, -0.15) is 0 Å². The summed E-state index contributed by atoms with van der Waals surface area (Å²) in [6, 6.07) is 0. The zero-order valence-electron chi connectivity index (χ0n) is 10.6. The minimum atomic E-state index is -0.955. The molecule has 3 heteroatoms. The molecule has 1 saturated carbocycles. The second kappa shape index (κ2) is 4.47. The first kappa shape index (κ1) is 13.7. The van der Waals surface area contributed by atoms with Crippen molar-refractivity contribution >= 4 is 0 Å². The lowest BCUT2D eigenvalue weighted by atomic mass is 9.60. The van der Waals surface area contributed by atoms with Gasteiger partial charge in [0, 0.05) is 0 Å². The summed E-state index contributed by atoms with van der Waals surface area (Å²) in [6.07, 6.45) is 3.61. The molecule has 1 rings (SSSR count). The first-order chi connectivity index (χ1) is 7.19. The topological polar surface area (TPSA) is 60.7 Å². The van der Waals surface area contributed by atoms with Gasteiger partial charge in [0.1, 0.15) is 0 Å². The molecule has 1 aliphatic rings. The minimum Gasteiger partial charge on any atom is -0.393 e. The molecule has 0 heterocycles. The Morgan fingerprint density at radius 1 is 1.38 bits per heavy atom. The van der Waals surface area contributed by atoms with Crippen LogP contribution < -0.4 is 0 Å². The van der Waals surface area contributed by atoms with Gasteiger partial charge in [0.2, 0.25) is 0 Å². The van der Waals surface area contributed by atoms with E-state index in [1.165, 1.54) is 0 Å². The predicted octanol–water partition coefficient (Wildman–Crippen LogP) is 1.47. The van der Waals surface area contributed by atoms with Crippen molar-refractivity contribution in [3.63, 3.8) is 0 Å². The molecule has 0 bridgehead atoms. The van der Waals surface area contributed by atoms with Gasteiger partial charge < -0.3 is 15.3 Å². The first-order valence-corrected chi connectivity index (χ1v) is 5.97. The molecule has 0 aliphatic heterocycles. The van der Waals surface area contributed by atoms with Crippen molar-refractivity contribution in [2.24, 2.45) is 11.3 Å². The molecule has 0 radical (unpaired) electrons. The Balaban J connectivity index is 2.98. The summed E-state index contributed by atoms with van der Waals surface area (Å²) in [5.74, 6) is -0.0127. The third-order valence-electron chi connectivity index (χ3n) is 3.84. The van der Waals surface area contributed by atoms with E-state index < -0.39 is 11.7 Å². The summed E-state index contributed by atoms with van der Waals surface area (Å²) in [5.41, 5.74) is -1.33. The first-order valence-electron chi connectivity index (χ1n) is 5.97. The van der Waals surface area contributed by atoms with Gasteiger partial charge in [-0.15, -0.1) is 0 Å². The smallest absolute Gasteiger partial charge is 0.0906 e. The lowest BCUT2D eigenvalue weighted by Gasteiger charge is -2.50. The van der Waals surface area contributed by atoms with Crippen LogP contribution in [0.2, 0.25) is 0 Å². The molecule has 0 unspecified atom stereocenters. The van der Waals surface area contributed by atoms with E-state index in [1.54, 1.807) is 19.1 Å². The van der Waals surface area contributed by atoms with Crippen molar-refractivity contribution in [2.45, 2.75) is 58.3 Å². The van der Waals surface area contributed by atoms with Gasteiger partial charge in [-0.3, -0.25) is 0 Å². The van der Waals surface area contributed by atoms with Crippen LogP contribution in [-0.2, 0) is 0 Å². The molecule has 0 aromatic rings. The molecule has 1 aliphatic carbocycles. The van der Waals surface area contributed by atoms with Crippen LogP contribution in [0.5, 0.6) is 0 Å². The second-order valence-electron chi connectivity index (χ2n) is 5.80. The van der Waals surface area contributed by atoms with Gasteiger partial charge in [0.05, 0.1) is 17.8 Å². The summed E-state index contributed by atoms with van der Waals surface area (Å²) >= 11 is 0. The van der Waals surface area contributed by atoms with Gasteiger partial charge >= 0.3 is 0 Å². The summed E-state index contributed by atoms with van der Waals surface area (Å²) in [7, 11) is 0. The van der Waals surface area contributed by atoms with Crippen LogP contribution in [0.1, 0.15) is 40.5 Å². The van der Waals surface area contributed by atoms with Crippen LogP contribution in [0.15, 0.2) is 12.2 Å². The van der Waals surface area contributed by atoms with E-state index in [0.29, 0.717) is 12.8 Å². The highest BCUT2D eigenvalue weighted by Gasteiger charge is 2.50. The lowest BCUT2D eigenvalue weighted by molar-refractivity contribution is -0.127. The normalized spacial score (nSPS) is 41.2. The third-order valence-corrected chi connectivity index (χ3v) is 3.84. The van der Waals surface area contributed by atoms with Crippen molar-refractivity contribution in [2.75, 3.05) is 0 Å². The van der Waals surface area contributed by atoms with Crippen molar-refractivity contribution in [1.82, 2.24) is 0 Å². The van der Waals surface area contributed by atoms with Crippen LogP contribution in [0.4, 0.5) is 0 Å². The highest BCUT2D eigenvalue weighted by Crippen LogP contribution is 2.47. The SMILES string of the molecule is C[C@@H]1C[C@@H](O)CC(C)(C)[C@]1(O)/C=C/[C@@H](C)O. The molecule has 1 fully saturated rings. The molecule has 94 valence electrons. The highest BCUT2D eigenvalue weighted by atomic mass is 16.3. The number of hydrogen-bond donors (Lipinski definition) is 3. The maximum Gasteiger partial charge on any atom is 0.0906 e. The standard InChI is InChI=1S/C13H24O3/c1-9-7-11(15)8-12(3,4)13(9,16)6-5-10(2)14/h5-6,9-11,14-16H,7-8H2,1-4H3/b6-5+/t9-,10-,11-,13+/m1/s1. The van der Waals surface area contributed by atoms with Crippen LogP contribution in [0.3, 0.4) is 0 Å². The second-order valence-corrected chi connectivity index (χ2v) is 5.80. The largest absolute Gasteiger partial charge is 0.393 e. The van der Waals surface area contributed by atoms with E-state index in [2.05, 4.69) is 0 Å². The Labute approximate surface area is 97.8 Å². The molecule has 3 nitrogen and oxygen atoms in total. The number of aliphatic hydroxyl groups excluding tert-OH is 2. The summed E-state index contributed by atoms with van der Waals surface area (Å²) in [4.78, 5) is 0. The zero-order chi connectivity index (χ0) is 12.6. The van der Waals surface area contributed by atoms with E-state index in [9.17, 15) is 15.3 Å². The third kappa shape index (κ3) is 2.47. The van der Waals surface area contributed by atoms with Crippen molar-refractivity contribution in [1.29, 1.82) is 0 Å². The monoisotopic (exact) mass is 228 g/mol. The molecule has 0 aromatic heterocycles. The fraction of sp³-hybridized carbons (Fsp3) is 0.846. The quantitative estimate of drug-likeness (QED) is 0.627. The van der Waals surface area contributed by atoms with E-state index >= 15 is 0 Å². The van der Waals surface area contributed by atoms with E-state index in [-0.39, 0.29) is 17.4 Å². The van der Waals surface area contributed by atoms with Gasteiger partial charge in [0.25, 0.3) is 0 Å². The van der Waals surface area contributed by atoms with Gasteiger partial charge in [0.15, 0.2) is 0 Å². The van der Waals surface area contributed by atoms with Gasteiger partial charge in [-0.25, -0.2) is 0 Å². The maximum absolute atomic E-state index is 10.7. The molecule has 0 saturated heterocycles. The average molecular weight is 228 g/mol. The molecule has 4 atom stereocenters. The Morgan fingerprint density at radius 2 is 1.94 bits per heavy atom. The zero-order valence-corrected chi connectivity index (χ0v) is 10.6. The fourth-order valence-corrected chi connectivity index (χ4v) is 2.77. The molecule has 3 N–H and O–H groups in total. The highest BCUT2D eigenvalue weighted by molar-refractivity contribution is 5.14. The Kier molecular flexibility index (Phi) is 3.83. The lowest BCUT2D eigenvalue weighted by Crippen LogP contribution is -2.54. The molecule has 0 spiro atoms. The summed E-state index contributed by atoms with van der Waals surface area (Å²) in [5, 5.41) is 29.7. The maximum atomic E-state index is 10.7. The van der Waals surface area contributed by atoms with Crippen LogP contribution in [0.25, 0.3) is 0 Å². The molecule has 16 heavy (non-hydrogen) atoms. The van der Waals surface area contributed by atoms with E-state index in [1.807, 2.05) is 20.8 Å². The fourth-order valence-electron chi connectivity index (χ4n) is 2.77. The number of rotatable bonds is 2. The number of hydrogen-bond acceptors (Lipinski definition) is 3. The average Bonchev–Trinajstić information content (AvgIpc) is 2.10. The Hall–Kier alpha value is -0.380. The van der Waals surface area contributed by atoms with Gasteiger partial charge in [-0.1, -0.05) is 32.9 Å². The van der Waals surface area contributed by atoms with Crippen LogP contribution in [0, 0.1) is 11.3 Å². The molecular formula is C13H24O3. The molecular weight excluding hydrogens is 204 g/mol. The summed E-state index contributed by atoms with van der Waals surface area (Å²) < 4.78 is 0.